The van der Waals surface area contributed by atoms with Crippen molar-refractivity contribution < 1.29 is 14.3 Å². The fraction of sp³-hybridized carbons (Fsp3) is 0.278. The van der Waals surface area contributed by atoms with Crippen LogP contribution < -0.4 is 10.3 Å². The summed E-state index contributed by atoms with van der Waals surface area (Å²) in [4.78, 5) is 27.1. The standard InChI is InChI=1S/C18H20N4O3/c1-11-8-9-22(21-11)14-6-4-13(5-7-14)17(23)20-15-10-12(2)19-16(15)18(24)25-3/h4-7,10,19H,8-9H2,1-3H3,(H,20,23). The van der Waals surface area contributed by atoms with Gasteiger partial charge in [-0.25, -0.2) is 4.79 Å². The Labute approximate surface area is 145 Å². The molecule has 0 saturated carbocycles. The van der Waals surface area contributed by atoms with Crippen LogP contribution in [0.25, 0.3) is 0 Å². The van der Waals surface area contributed by atoms with E-state index < -0.39 is 5.97 Å². The third-order valence-electron chi connectivity index (χ3n) is 3.99. The lowest BCUT2D eigenvalue weighted by atomic mass is 10.2. The lowest BCUT2D eigenvalue weighted by molar-refractivity contribution is 0.0596. The summed E-state index contributed by atoms with van der Waals surface area (Å²) in [5.41, 5.74) is 3.93. The number of rotatable bonds is 4. The van der Waals surface area contributed by atoms with E-state index in [0.717, 1.165) is 30.1 Å². The molecule has 25 heavy (non-hydrogen) atoms. The minimum Gasteiger partial charge on any atom is -0.464 e. The molecule has 1 aliphatic heterocycles. The molecule has 0 bridgehead atoms. The number of benzene rings is 1. The Hall–Kier alpha value is -3.09. The summed E-state index contributed by atoms with van der Waals surface area (Å²) in [5, 5.41) is 9.10. The number of hydrogen-bond donors (Lipinski definition) is 2. The summed E-state index contributed by atoms with van der Waals surface area (Å²) < 4.78 is 4.72. The molecule has 1 amide bonds. The van der Waals surface area contributed by atoms with Crippen LogP contribution in [0.5, 0.6) is 0 Å². The molecule has 2 aromatic rings. The van der Waals surface area contributed by atoms with Gasteiger partial charge in [-0.2, -0.15) is 5.10 Å². The molecule has 1 aromatic carbocycles. The average molecular weight is 340 g/mol. The topological polar surface area (TPSA) is 86.8 Å². The lowest BCUT2D eigenvalue weighted by Crippen LogP contribution is -2.15. The van der Waals surface area contributed by atoms with Gasteiger partial charge in [0.25, 0.3) is 5.91 Å². The van der Waals surface area contributed by atoms with E-state index in [0.29, 0.717) is 11.3 Å². The first-order chi connectivity index (χ1) is 12.0. The van der Waals surface area contributed by atoms with Crippen molar-refractivity contribution in [3.8, 4) is 0 Å². The first kappa shape index (κ1) is 16.8. The Balaban J connectivity index is 1.75. The zero-order valence-electron chi connectivity index (χ0n) is 14.4. The molecule has 3 rings (SSSR count). The maximum absolute atomic E-state index is 12.5. The normalized spacial score (nSPS) is 13.6. The van der Waals surface area contributed by atoms with E-state index >= 15 is 0 Å². The number of H-pyrrole nitrogens is 1. The number of carbonyl (C=O) groups excluding carboxylic acids is 2. The molecule has 0 atom stereocenters. The molecule has 0 saturated heterocycles. The molecule has 2 N–H and O–H groups in total. The van der Waals surface area contributed by atoms with Crippen LogP contribution in [-0.4, -0.2) is 36.2 Å². The Kier molecular flexibility index (Phi) is 4.56. The van der Waals surface area contributed by atoms with Gasteiger partial charge in [-0.15, -0.1) is 0 Å². The van der Waals surface area contributed by atoms with Gasteiger partial charge >= 0.3 is 5.97 Å². The fourth-order valence-electron chi connectivity index (χ4n) is 2.69. The van der Waals surface area contributed by atoms with Crippen molar-refractivity contribution in [2.75, 3.05) is 24.0 Å². The van der Waals surface area contributed by atoms with Crippen molar-refractivity contribution in [2.24, 2.45) is 5.10 Å². The summed E-state index contributed by atoms with van der Waals surface area (Å²) >= 11 is 0. The highest BCUT2D eigenvalue weighted by Gasteiger charge is 2.18. The molecule has 0 fully saturated rings. The van der Waals surface area contributed by atoms with Crippen molar-refractivity contribution in [1.82, 2.24) is 4.98 Å². The Morgan fingerprint density at radius 2 is 1.96 bits per heavy atom. The SMILES string of the molecule is COC(=O)c1[nH]c(C)cc1NC(=O)c1ccc(N2CCC(C)=N2)cc1. The molecule has 130 valence electrons. The number of hydrazone groups is 1. The lowest BCUT2D eigenvalue weighted by Gasteiger charge is -2.14. The van der Waals surface area contributed by atoms with Gasteiger partial charge in [0.05, 0.1) is 18.5 Å². The monoisotopic (exact) mass is 340 g/mol. The molecule has 1 aromatic heterocycles. The molecule has 7 heteroatoms. The van der Waals surface area contributed by atoms with E-state index in [1.807, 2.05) is 24.1 Å². The summed E-state index contributed by atoms with van der Waals surface area (Å²) in [6.07, 6.45) is 0.950. The van der Waals surface area contributed by atoms with E-state index in [1.165, 1.54) is 7.11 Å². The number of aryl methyl sites for hydroxylation is 1. The maximum Gasteiger partial charge on any atom is 0.356 e. The van der Waals surface area contributed by atoms with Crippen LogP contribution in [0.15, 0.2) is 35.4 Å². The molecule has 0 spiro atoms. The quantitative estimate of drug-likeness (QED) is 0.838. The van der Waals surface area contributed by atoms with Crippen molar-refractivity contribution in [3.63, 3.8) is 0 Å². The largest absolute Gasteiger partial charge is 0.464 e. The fourth-order valence-corrected chi connectivity index (χ4v) is 2.69. The number of carbonyl (C=O) groups is 2. The number of nitrogens with zero attached hydrogens (tertiary/aromatic N) is 2. The molecule has 0 unspecified atom stereocenters. The predicted octanol–water partition coefficient (Wildman–Crippen LogP) is 2.95. The van der Waals surface area contributed by atoms with Crippen LogP contribution in [0, 0.1) is 6.92 Å². The number of hydrogen-bond acceptors (Lipinski definition) is 5. The highest BCUT2D eigenvalue weighted by Crippen LogP contribution is 2.22. The number of anilines is 2. The van der Waals surface area contributed by atoms with Gasteiger partial charge in [-0.1, -0.05) is 0 Å². The van der Waals surface area contributed by atoms with Crippen LogP contribution in [0.3, 0.4) is 0 Å². The number of nitrogens with one attached hydrogen (secondary N) is 2. The molecule has 0 aliphatic carbocycles. The zero-order chi connectivity index (χ0) is 18.0. The number of amides is 1. The van der Waals surface area contributed by atoms with Crippen LogP contribution in [0.1, 0.15) is 39.9 Å². The van der Waals surface area contributed by atoms with Gasteiger partial charge in [-0.3, -0.25) is 9.80 Å². The minimum absolute atomic E-state index is 0.229. The van der Waals surface area contributed by atoms with Crippen LogP contribution in [0.2, 0.25) is 0 Å². The molecule has 2 heterocycles. The van der Waals surface area contributed by atoms with Crippen molar-refractivity contribution in [1.29, 1.82) is 0 Å². The highest BCUT2D eigenvalue weighted by atomic mass is 16.5. The third kappa shape index (κ3) is 3.55. The molecular formula is C18H20N4O3. The van der Waals surface area contributed by atoms with Gasteiger partial charge in [0.2, 0.25) is 0 Å². The van der Waals surface area contributed by atoms with E-state index in [4.69, 9.17) is 4.74 Å². The highest BCUT2D eigenvalue weighted by molar-refractivity contribution is 6.07. The predicted molar refractivity (Wildman–Crippen MR) is 96.3 cm³/mol. The third-order valence-corrected chi connectivity index (χ3v) is 3.99. The number of aromatic amines is 1. The first-order valence-corrected chi connectivity index (χ1v) is 7.99. The van der Waals surface area contributed by atoms with Crippen molar-refractivity contribution in [2.45, 2.75) is 20.3 Å². The Morgan fingerprint density at radius 1 is 1.24 bits per heavy atom. The number of aromatic nitrogens is 1. The van der Waals surface area contributed by atoms with Gasteiger partial charge in [-0.05, 0) is 44.2 Å². The smallest absolute Gasteiger partial charge is 0.356 e. The van der Waals surface area contributed by atoms with Crippen LogP contribution in [-0.2, 0) is 4.74 Å². The van der Waals surface area contributed by atoms with E-state index in [2.05, 4.69) is 15.4 Å². The second kappa shape index (κ2) is 6.80. The van der Waals surface area contributed by atoms with Crippen molar-refractivity contribution in [3.05, 3.63) is 47.3 Å². The second-order valence-corrected chi connectivity index (χ2v) is 5.94. The van der Waals surface area contributed by atoms with E-state index in [1.54, 1.807) is 25.1 Å². The molecule has 7 nitrogen and oxygen atoms in total. The average Bonchev–Trinajstić information content (AvgIpc) is 3.20. The summed E-state index contributed by atoms with van der Waals surface area (Å²) in [6.45, 7) is 4.65. The van der Waals surface area contributed by atoms with Gasteiger partial charge in [0.15, 0.2) is 0 Å². The number of ether oxygens (including phenoxy) is 1. The van der Waals surface area contributed by atoms with Gasteiger partial charge in [0.1, 0.15) is 5.69 Å². The first-order valence-electron chi connectivity index (χ1n) is 7.99. The van der Waals surface area contributed by atoms with Crippen LogP contribution in [0.4, 0.5) is 11.4 Å². The number of methoxy groups -OCH3 is 1. The van der Waals surface area contributed by atoms with Gasteiger partial charge in [0, 0.05) is 29.9 Å². The molecule has 1 aliphatic rings. The van der Waals surface area contributed by atoms with E-state index in [-0.39, 0.29) is 11.6 Å². The van der Waals surface area contributed by atoms with Crippen molar-refractivity contribution >= 4 is 29.0 Å². The molecular weight excluding hydrogens is 320 g/mol. The summed E-state index contributed by atoms with van der Waals surface area (Å²) in [7, 11) is 1.30. The maximum atomic E-state index is 12.5. The Morgan fingerprint density at radius 3 is 2.56 bits per heavy atom. The van der Waals surface area contributed by atoms with Gasteiger partial charge < -0.3 is 15.0 Å². The zero-order valence-corrected chi connectivity index (χ0v) is 14.4. The second-order valence-electron chi connectivity index (χ2n) is 5.94. The van der Waals surface area contributed by atoms with E-state index in [9.17, 15) is 9.59 Å². The Bertz CT molecular complexity index is 837. The van der Waals surface area contributed by atoms with Crippen LogP contribution >= 0.6 is 0 Å². The minimum atomic E-state index is -0.527. The summed E-state index contributed by atoms with van der Waals surface area (Å²) in [6, 6.07) is 8.90. The molecule has 0 radical (unpaired) electrons. The number of esters is 1. The summed E-state index contributed by atoms with van der Waals surface area (Å²) in [5.74, 6) is -0.821.